The molecule has 3 heterocycles. The quantitative estimate of drug-likeness (QED) is 0.445. The summed E-state index contributed by atoms with van der Waals surface area (Å²) >= 11 is 0. The molecule has 2 bridgehead atoms. The van der Waals surface area contributed by atoms with E-state index in [9.17, 15) is 19.2 Å². The molecule has 3 aromatic carbocycles. The van der Waals surface area contributed by atoms with E-state index in [1.165, 1.54) is 12.1 Å². The lowest BCUT2D eigenvalue weighted by atomic mass is 9.56. The number of rotatable bonds is 6. The van der Waals surface area contributed by atoms with Gasteiger partial charge in [0, 0.05) is 5.92 Å². The topological polar surface area (TPSA) is 111 Å². The lowest BCUT2D eigenvalue weighted by molar-refractivity contribution is -0.189. The van der Waals surface area contributed by atoms with Crippen molar-refractivity contribution in [3.63, 3.8) is 0 Å². The molecule has 0 radical (unpaired) electrons. The summed E-state index contributed by atoms with van der Waals surface area (Å²) in [5, 5.41) is 3.34. The minimum Gasteiger partial charge on any atom is -0.449 e. The van der Waals surface area contributed by atoms with Gasteiger partial charge in [0.2, 0.25) is 0 Å². The number of imide groups is 1. The Morgan fingerprint density at radius 2 is 1.37 bits per heavy atom. The number of hydroxylamine groups is 2. The third kappa shape index (κ3) is 3.65. The molecule has 2 aliphatic carbocycles. The molecule has 3 aromatic rings. The van der Waals surface area contributed by atoms with Crippen molar-refractivity contribution in [3.05, 3.63) is 95.1 Å². The Morgan fingerprint density at radius 1 is 0.854 bits per heavy atom. The predicted octanol–water partition coefficient (Wildman–Crippen LogP) is 4.61. The van der Waals surface area contributed by atoms with Crippen LogP contribution in [0.5, 0.6) is 0 Å². The van der Waals surface area contributed by atoms with Crippen molar-refractivity contribution in [1.29, 1.82) is 0 Å². The van der Waals surface area contributed by atoms with E-state index in [1.54, 1.807) is 26.0 Å². The van der Waals surface area contributed by atoms with Gasteiger partial charge in [-0.15, -0.1) is 0 Å². The van der Waals surface area contributed by atoms with E-state index >= 15 is 0 Å². The number of nitrogens with one attached hydrogen (secondary N) is 1. The van der Waals surface area contributed by atoms with Crippen LogP contribution < -0.4 is 5.32 Å². The molecule has 3 aliphatic heterocycles. The molecule has 8 rings (SSSR count). The van der Waals surface area contributed by atoms with Crippen LogP contribution in [0.2, 0.25) is 0 Å². The van der Waals surface area contributed by atoms with E-state index in [0.29, 0.717) is 5.06 Å². The summed E-state index contributed by atoms with van der Waals surface area (Å²) in [6.07, 6.45) is -0.0160. The Kier molecular flexibility index (Phi) is 5.43. The van der Waals surface area contributed by atoms with Gasteiger partial charge in [-0.2, -0.15) is 0 Å². The van der Waals surface area contributed by atoms with Crippen LogP contribution in [0.1, 0.15) is 64.4 Å². The highest BCUT2D eigenvalue weighted by Crippen LogP contribution is 2.66. The van der Waals surface area contributed by atoms with Crippen molar-refractivity contribution in [2.75, 3.05) is 13.2 Å². The number of carbonyl (C=O) groups excluding carboxylic acids is 4. The number of carbonyl (C=O) groups is 4. The van der Waals surface area contributed by atoms with Crippen molar-refractivity contribution < 1.29 is 33.5 Å². The average Bonchev–Trinajstić information content (AvgIpc) is 3.57. The third-order valence-electron chi connectivity index (χ3n) is 9.09. The van der Waals surface area contributed by atoms with Crippen LogP contribution in [0.25, 0.3) is 11.1 Å². The van der Waals surface area contributed by atoms with Gasteiger partial charge in [-0.05, 0) is 61.1 Å². The zero-order chi connectivity index (χ0) is 28.6. The summed E-state index contributed by atoms with van der Waals surface area (Å²) in [7, 11) is 0. The average molecular weight is 553 g/mol. The number of ether oxygens (including phenoxy) is 2. The number of fused-ring (bicyclic) bond motifs is 5. The van der Waals surface area contributed by atoms with Crippen molar-refractivity contribution in [3.8, 4) is 11.1 Å². The molecule has 0 atom stereocenters. The SMILES string of the molecule is CC1(C)OC2(CNC(=O)OCC3c4ccccc4-c4ccccc43)CC1(C(=O)ON1C(=O)c3ccccc3C1=O)C2. The van der Waals surface area contributed by atoms with Gasteiger partial charge in [-0.25, -0.2) is 9.59 Å². The second-order valence-electron chi connectivity index (χ2n) is 11.7. The van der Waals surface area contributed by atoms with Crippen LogP contribution in [0, 0.1) is 5.41 Å². The first-order chi connectivity index (χ1) is 19.6. The fourth-order valence-corrected chi connectivity index (χ4v) is 7.04. The summed E-state index contributed by atoms with van der Waals surface area (Å²) in [5.74, 6) is -2.10. The molecular formula is C32H28N2O7. The fraction of sp³-hybridized carbons (Fsp3) is 0.312. The number of alkyl carbamates (subject to hydrolysis) is 1. The van der Waals surface area contributed by atoms with Gasteiger partial charge in [0.05, 0.1) is 28.9 Å². The number of nitrogens with zero attached hydrogens (tertiary/aromatic N) is 1. The van der Waals surface area contributed by atoms with E-state index < -0.39 is 40.5 Å². The van der Waals surface area contributed by atoms with Crippen LogP contribution in [-0.4, -0.2) is 53.3 Å². The molecule has 0 unspecified atom stereocenters. The van der Waals surface area contributed by atoms with E-state index in [0.717, 1.165) is 22.3 Å². The lowest BCUT2D eigenvalue weighted by Crippen LogP contribution is -2.58. The molecule has 0 aromatic heterocycles. The highest BCUT2D eigenvalue weighted by molar-refractivity contribution is 6.21. The summed E-state index contributed by atoms with van der Waals surface area (Å²) in [5.41, 5.74) is 2.16. The second-order valence-corrected chi connectivity index (χ2v) is 11.7. The number of hydrogen-bond acceptors (Lipinski definition) is 7. The first-order valence-electron chi connectivity index (χ1n) is 13.6. The standard InChI is InChI=1S/C32H28N2O7/c1-30(2)32(28(37)40-34-26(35)23-13-7-8-14-24(23)27(34)36)16-31(17-32,41-30)18-33-29(38)39-15-25-21-11-5-3-9-19(21)20-10-4-6-12-22(20)25/h3-14,25H,15-18H2,1-2H3,(H,33,38). The van der Waals surface area contributed by atoms with E-state index in [4.69, 9.17) is 14.3 Å². The van der Waals surface area contributed by atoms with Crippen molar-refractivity contribution in [2.45, 2.75) is 43.8 Å². The van der Waals surface area contributed by atoms with E-state index in [2.05, 4.69) is 29.6 Å². The summed E-state index contributed by atoms with van der Waals surface area (Å²) in [6, 6.07) is 22.6. The van der Waals surface area contributed by atoms with Crippen molar-refractivity contribution >= 4 is 23.9 Å². The predicted molar refractivity (Wildman–Crippen MR) is 146 cm³/mol. The first kappa shape index (κ1) is 25.5. The Bertz CT molecular complexity index is 1560. The van der Waals surface area contributed by atoms with Crippen LogP contribution in [0.15, 0.2) is 72.8 Å². The molecule has 5 aliphatic rings. The molecule has 1 N–H and O–H groups in total. The molecule has 208 valence electrons. The van der Waals surface area contributed by atoms with E-state index in [1.807, 2.05) is 24.3 Å². The van der Waals surface area contributed by atoms with E-state index in [-0.39, 0.29) is 43.0 Å². The van der Waals surface area contributed by atoms with Crippen molar-refractivity contribution in [2.24, 2.45) is 5.41 Å². The Balaban J connectivity index is 0.979. The van der Waals surface area contributed by atoms with Gasteiger partial charge in [-0.3, -0.25) is 9.59 Å². The Morgan fingerprint density at radius 3 is 1.93 bits per heavy atom. The van der Waals surface area contributed by atoms with Crippen LogP contribution in [0.3, 0.4) is 0 Å². The Labute approximate surface area is 236 Å². The van der Waals surface area contributed by atoms with Crippen LogP contribution in [-0.2, 0) is 19.1 Å². The van der Waals surface area contributed by atoms with Gasteiger partial charge in [0.1, 0.15) is 12.0 Å². The highest BCUT2D eigenvalue weighted by Gasteiger charge is 2.76. The maximum absolute atomic E-state index is 13.4. The minimum absolute atomic E-state index is 0.0544. The van der Waals surface area contributed by atoms with Crippen LogP contribution in [0.4, 0.5) is 4.79 Å². The third-order valence-corrected chi connectivity index (χ3v) is 9.09. The zero-order valence-electron chi connectivity index (χ0n) is 22.6. The maximum atomic E-state index is 13.4. The maximum Gasteiger partial charge on any atom is 0.407 e. The smallest absolute Gasteiger partial charge is 0.407 e. The summed E-state index contributed by atoms with van der Waals surface area (Å²) in [6.45, 7) is 3.89. The molecule has 9 heteroatoms. The summed E-state index contributed by atoms with van der Waals surface area (Å²) in [4.78, 5) is 57.0. The Hall–Kier alpha value is -4.50. The molecule has 3 amide bonds. The second kappa shape index (κ2) is 8.75. The molecule has 1 saturated carbocycles. The molecule has 9 nitrogen and oxygen atoms in total. The highest BCUT2D eigenvalue weighted by atomic mass is 16.7. The van der Waals surface area contributed by atoms with Crippen molar-refractivity contribution in [1.82, 2.24) is 10.4 Å². The monoisotopic (exact) mass is 552 g/mol. The van der Waals surface area contributed by atoms with Gasteiger partial charge in [-0.1, -0.05) is 65.7 Å². The van der Waals surface area contributed by atoms with Crippen LogP contribution >= 0.6 is 0 Å². The lowest BCUT2D eigenvalue weighted by Gasteiger charge is -2.44. The molecule has 41 heavy (non-hydrogen) atoms. The zero-order valence-corrected chi connectivity index (χ0v) is 22.6. The first-order valence-corrected chi connectivity index (χ1v) is 13.6. The van der Waals surface area contributed by atoms with Gasteiger partial charge in [0.15, 0.2) is 0 Å². The molecule has 2 saturated heterocycles. The summed E-state index contributed by atoms with van der Waals surface area (Å²) < 4.78 is 11.9. The largest absolute Gasteiger partial charge is 0.449 e. The number of hydrogen-bond donors (Lipinski definition) is 1. The minimum atomic E-state index is -1.06. The van der Waals surface area contributed by atoms with Gasteiger partial charge < -0.3 is 19.6 Å². The molecular weight excluding hydrogens is 524 g/mol. The number of amides is 3. The van der Waals surface area contributed by atoms with Gasteiger partial charge >= 0.3 is 12.1 Å². The number of benzene rings is 3. The molecule has 3 fully saturated rings. The van der Waals surface area contributed by atoms with Gasteiger partial charge in [0.25, 0.3) is 11.8 Å². The molecule has 0 spiro atoms. The normalized spacial score (nSPS) is 24.8. The fourth-order valence-electron chi connectivity index (χ4n) is 7.04.